The number of anilines is 1. The lowest BCUT2D eigenvalue weighted by Gasteiger charge is -2.34. The minimum atomic E-state index is -3.87. The van der Waals surface area contributed by atoms with Crippen LogP contribution >= 0.6 is 0 Å². The van der Waals surface area contributed by atoms with E-state index in [4.69, 9.17) is 4.74 Å². The van der Waals surface area contributed by atoms with E-state index in [0.29, 0.717) is 42.9 Å². The van der Waals surface area contributed by atoms with Gasteiger partial charge in [0.2, 0.25) is 0 Å². The molecule has 1 fully saturated rings. The largest absolute Gasteiger partial charge is 0.447 e. The summed E-state index contributed by atoms with van der Waals surface area (Å²) in [7, 11) is -3.87. The molecule has 1 aliphatic rings. The maximum absolute atomic E-state index is 13.0. The van der Waals surface area contributed by atoms with E-state index in [1.165, 1.54) is 6.07 Å². The summed E-state index contributed by atoms with van der Waals surface area (Å²) in [6.07, 6.45) is 0.981. The lowest BCUT2D eigenvalue weighted by molar-refractivity contribution is 0.0476. The van der Waals surface area contributed by atoms with Gasteiger partial charge in [-0.3, -0.25) is 14.5 Å². The number of rotatable bonds is 5. The number of carbonyl (C=O) groups excluding carboxylic acids is 2. The Kier molecular flexibility index (Phi) is 6.69. The van der Waals surface area contributed by atoms with E-state index in [9.17, 15) is 18.0 Å². The molecule has 34 heavy (non-hydrogen) atoms. The molecule has 9 nitrogen and oxygen atoms in total. The summed E-state index contributed by atoms with van der Waals surface area (Å²) < 4.78 is 33.7. The molecule has 1 aliphatic heterocycles. The SMILES string of the molecule is CC(C)OC(=O)N1CCN(C(=O)c2ccc(NS(=O)(=O)c3cccc4cccnc34)cc2)CC1. The molecule has 3 aromatic rings. The van der Waals surface area contributed by atoms with Gasteiger partial charge in [-0.15, -0.1) is 0 Å². The van der Waals surface area contributed by atoms with Crippen molar-refractivity contribution in [2.24, 2.45) is 0 Å². The van der Waals surface area contributed by atoms with Gasteiger partial charge >= 0.3 is 6.09 Å². The maximum Gasteiger partial charge on any atom is 0.410 e. The normalized spacial score (nSPS) is 14.3. The third kappa shape index (κ3) is 5.12. The molecular formula is C24H26N4O5S. The van der Waals surface area contributed by atoms with Crippen LogP contribution in [0.3, 0.4) is 0 Å². The highest BCUT2D eigenvalue weighted by molar-refractivity contribution is 7.93. The van der Waals surface area contributed by atoms with Crippen LogP contribution in [0.2, 0.25) is 0 Å². The zero-order valence-corrected chi connectivity index (χ0v) is 19.8. The first-order chi connectivity index (χ1) is 16.2. The van der Waals surface area contributed by atoms with Gasteiger partial charge in [-0.05, 0) is 50.2 Å². The monoisotopic (exact) mass is 482 g/mol. The van der Waals surface area contributed by atoms with E-state index in [2.05, 4.69) is 9.71 Å². The zero-order valence-electron chi connectivity index (χ0n) is 19.0. The third-order valence-electron chi connectivity index (χ3n) is 5.43. The number of fused-ring (bicyclic) bond motifs is 1. The summed E-state index contributed by atoms with van der Waals surface area (Å²) in [5.74, 6) is -0.176. The van der Waals surface area contributed by atoms with Crippen molar-refractivity contribution in [1.82, 2.24) is 14.8 Å². The number of nitrogens with one attached hydrogen (secondary N) is 1. The molecule has 0 aliphatic carbocycles. The Morgan fingerprint density at radius 1 is 0.941 bits per heavy atom. The molecule has 0 spiro atoms. The number of sulfonamides is 1. The van der Waals surface area contributed by atoms with Gasteiger partial charge in [-0.25, -0.2) is 13.2 Å². The molecule has 0 unspecified atom stereocenters. The number of ether oxygens (including phenoxy) is 1. The van der Waals surface area contributed by atoms with E-state index in [1.54, 1.807) is 78.4 Å². The molecule has 178 valence electrons. The molecule has 0 radical (unpaired) electrons. The number of hydrogen-bond acceptors (Lipinski definition) is 6. The van der Waals surface area contributed by atoms with Crippen LogP contribution < -0.4 is 4.72 Å². The Hall–Kier alpha value is -3.66. The van der Waals surface area contributed by atoms with Crippen molar-refractivity contribution in [3.8, 4) is 0 Å². The van der Waals surface area contributed by atoms with E-state index in [1.807, 2.05) is 0 Å². The van der Waals surface area contributed by atoms with Gasteiger partial charge in [0.05, 0.1) is 11.6 Å². The van der Waals surface area contributed by atoms with Crippen molar-refractivity contribution in [3.63, 3.8) is 0 Å². The van der Waals surface area contributed by atoms with Crippen LogP contribution in [0.25, 0.3) is 10.9 Å². The van der Waals surface area contributed by atoms with E-state index in [-0.39, 0.29) is 23.0 Å². The van der Waals surface area contributed by atoms with Crippen molar-refractivity contribution < 1.29 is 22.7 Å². The molecule has 2 aromatic carbocycles. The quantitative estimate of drug-likeness (QED) is 0.598. The van der Waals surface area contributed by atoms with Crippen molar-refractivity contribution in [2.75, 3.05) is 30.9 Å². The molecule has 10 heteroatoms. The Labute approximate surface area is 198 Å². The molecule has 2 amide bonds. The van der Waals surface area contributed by atoms with Crippen LogP contribution in [0.15, 0.2) is 65.7 Å². The van der Waals surface area contributed by atoms with E-state index in [0.717, 1.165) is 5.39 Å². The molecule has 0 saturated carbocycles. The van der Waals surface area contributed by atoms with Crippen molar-refractivity contribution in [1.29, 1.82) is 0 Å². The Bertz CT molecular complexity index is 1300. The standard InChI is InChI=1S/C24H26N4O5S/c1-17(2)33-24(30)28-15-13-27(14-16-28)23(29)19-8-10-20(11-9-19)26-34(31,32)21-7-3-5-18-6-4-12-25-22(18)21/h3-12,17,26H,13-16H2,1-2H3. The van der Waals surface area contributed by atoms with Crippen LogP contribution in [0.5, 0.6) is 0 Å². The average Bonchev–Trinajstić information content (AvgIpc) is 2.83. The number of carbonyl (C=O) groups is 2. The topological polar surface area (TPSA) is 109 Å². The molecule has 2 heterocycles. The molecule has 0 atom stereocenters. The first kappa shape index (κ1) is 23.5. The van der Waals surface area contributed by atoms with Gasteiger partial charge in [0, 0.05) is 49.0 Å². The highest BCUT2D eigenvalue weighted by Gasteiger charge is 2.26. The number of pyridine rings is 1. The van der Waals surface area contributed by atoms with Gasteiger partial charge in [0.25, 0.3) is 15.9 Å². The summed E-state index contributed by atoms with van der Waals surface area (Å²) in [6, 6.07) is 14.8. The van der Waals surface area contributed by atoms with Crippen molar-refractivity contribution in [3.05, 3.63) is 66.4 Å². The lowest BCUT2D eigenvalue weighted by Crippen LogP contribution is -2.51. The molecular weight excluding hydrogens is 456 g/mol. The second kappa shape index (κ2) is 9.68. The number of piperazine rings is 1. The van der Waals surface area contributed by atoms with Gasteiger partial charge in [-0.1, -0.05) is 18.2 Å². The van der Waals surface area contributed by atoms with Crippen LogP contribution in [-0.4, -0.2) is 67.5 Å². The average molecular weight is 483 g/mol. The van der Waals surface area contributed by atoms with E-state index < -0.39 is 10.0 Å². The molecule has 1 aromatic heterocycles. The molecule has 1 saturated heterocycles. The van der Waals surface area contributed by atoms with Gasteiger partial charge < -0.3 is 14.5 Å². The first-order valence-corrected chi connectivity index (χ1v) is 12.4. The minimum absolute atomic E-state index is 0.0830. The Morgan fingerprint density at radius 3 is 2.26 bits per heavy atom. The summed E-state index contributed by atoms with van der Waals surface area (Å²) in [6.45, 7) is 5.17. The van der Waals surface area contributed by atoms with Crippen LogP contribution in [0, 0.1) is 0 Å². The smallest absolute Gasteiger partial charge is 0.410 e. The molecule has 4 rings (SSSR count). The minimum Gasteiger partial charge on any atom is -0.447 e. The summed E-state index contributed by atoms with van der Waals surface area (Å²) in [5, 5.41) is 0.726. The maximum atomic E-state index is 13.0. The highest BCUT2D eigenvalue weighted by atomic mass is 32.2. The summed E-state index contributed by atoms with van der Waals surface area (Å²) in [4.78, 5) is 32.4. The Morgan fingerprint density at radius 2 is 1.59 bits per heavy atom. The van der Waals surface area contributed by atoms with Crippen LogP contribution in [-0.2, 0) is 14.8 Å². The third-order valence-corrected chi connectivity index (χ3v) is 6.84. The highest BCUT2D eigenvalue weighted by Crippen LogP contribution is 2.23. The predicted molar refractivity (Wildman–Crippen MR) is 128 cm³/mol. The van der Waals surface area contributed by atoms with Crippen LogP contribution in [0.4, 0.5) is 10.5 Å². The van der Waals surface area contributed by atoms with Gasteiger partial charge in [0.1, 0.15) is 4.90 Å². The van der Waals surface area contributed by atoms with Gasteiger partial charge in [-0.2, -0.15) is 0 Å². The first-order valence-electron chi connectivity index (χ1n) is 11.0. The second-order valence-electron chi connectivity index (χ2n) is 8.23. The summed E-state index contributed by atoms with van der Waals surface area (Å²) >= 11 is 0. The predicted octanol–water partition coefficient (Wildman–Crippen LogP) is 3.34. The zero-order chi connectivity index (χ0) is 24.3. The fourth-order valence-electron chi connectivity index (χ4n) is 3.73. The number of amides is 2. The van der Waals surface area contributed by atoms with Crippen molar-refractivity contribution in [2.45, 2.75) is 24.8 Å². The summed E-state index contributed by atoms with van der Waals surface area (Å²) in [5.41, 5.74) is 1.17. The number of hydrogen-bond donors (Lipinski definition) is 1. The molecule has 0 bridgehead atoms. The molecule has 1 N–H and O–H groups in total. The lowest BCUT2D eigenvalue weighted by atomic mass is 10.1. The Balaban J connectivity index is 1.41. The van der Waals surface area contributed by atoms with E-state index >= 15 is 0 Å². The number of para-hydroxylation sites is 1. The number of aromatic nitrogens is 1. The number of benzene rings is 2. The van der Waals surface area contributed by atoms with Crippen LogP contribution in [0.1, 0.15) is 24.2 Å². The fraction of sp³-hybridized carbons (Fsp3) is 0.292. The fourth-order valence-corrected chi connectivity index (χ4v) is 4.97. The number of nitrogens with zero attached hydrogens (tertiary/aromatic N) is 3. The van der Waals surface area contributed by atoms with Gasteiger partial charge in [0.15, 0.2) is 0 Å². The second-order valence-corrected chi connectivity index (χ2v) is 9.88. The van der Waals surface area contributed by atoms with Crippen molar-refractivity contribution >= 4 is 38.6 Å².